The minimum Gasteiger partial charge on any atom is -1.00 e. The summed E-state index contributed by atoms with van der Waals surface area (Å²) in [7, 11) is 0. The molecule has 0 heterocycles. The first-order chi connectivity index (χ1) is 20.0. The molecule has 242 valence electrons. The van der Waals surface area contributed by atoms with Crippen LogP contribution in [0.3, 0.4) is 0 Å². The molecule has 0 bridgehead atoms. The van der Waals surface area contributed by atoms with E-state index >= 15 is 0 Å². The normalized spacial score (nSPS) is 15.0. The van der Waals surface area contributed by atoms with Crippen LogP contribution in [0.2, 0.25) is 0 Å². The summed E-state index contributed by atoms with van der Waals surface area (Å²) in [5, 5.41) is 0. The standard InChI is InChI=1S/C21H25.C12H19.C9H10.2ClH.Zr/c1-20(2,3)16-7-9-18-14(12-16)11-15-13-17(21(4,5)6)8-10-19(15)18;1-6-10-7-9(2)8-11(10)12(3,4)5;1-2-6-9-7-4-3-5-8-9;;;/h7-10,12H,11H2,1-6H3;8-9H,6H2,1-5H3;3-5,7-8H,2H2,1H3;2*1H;/q2*-1;;;;+2/p-2. The third kappa shape index (κ3) is 11.3. The molecule has 3 aromatic carbocycles. The molecule has 0 aliphatic heterocycles. The van der Waals surface area contributed by atoms with Crippen molar-refractivity contribution < 1.29 is 49.0 Å². The van der Waals surface area contributed by atoms with E-state index in [1.54, 1.807) is 3.21 Å². The van der Waals surface area contributed by atoms with Crippen molar-refractivity contribution in [1.29, 1.82) is 0 Å². The van der Waals surface area contributed by atoms with Crippen LogP contribution in [0.15, 0.2) is 77.9 Å². The summed E-state index contributed by atoms with van der Waals surface area (Å²) in [6, 6.07) is 25.8. The average Bonchev–Trinajstić information content (AvgIpc) is 3.52. The van der Waals surface area contributed by atoms with Crippen molar-refractivity contribution in [2.75, 3.05) is 0 Å². The second-order valence-electron chi connectivity index (χ2n) is 15.1. The number of hydrogen-bond donors (Lipinski definition) is 0. The molecule has 0 saturated carbocycles. The Balaban J connectivity index is 0.000000362. The third-order valence-corrected chi connectivity index (χ3v) is 9.82. The summed E-state index contributed by atoms with van der Waals surface area (Å²) in [5.41, 5.74) is 13.3. The molecule has 0 N–H and O–H groups in total. The average molecular weight is 721 g/mol. The molecule has 5 rings (SSSR count). The van der Waals surface area contributed by atoms with Gasteiger partial charge in [0.15, 0.2) is 0 Å². The van der Waals surface area contributed by atoms with E-state index in [-0.39, 0.29) is 35.6 Å². The number of fused-ring (bicyclic) bond motifs is 3. The van der Waals surface area contributed by atoms with Crippen molar-refractivity contribution in [1.82, 2.24) is 0 Å². The van der Waals surface area contributed by atoms with Crippen LogP contribution in [0.1, 0.15) is 124 Å². The van der Waals surface area contributed by atoms with Crippen molar-refractivity contribution in [2.45, 2.75) is 113 Å². The Labute approximate surface area is 303 Å². The van der Waals surface area contributed by atoms with E-state index in [1.165, 1.54) is 80.7 Å². The SMILES string of the molecule is CC(C)(C)c1[c-]c2c(cc1)-c1ccc(C(C)(C)C)cc1C2.CCC1=[C-]C(C)C=C1C(C)(C)C.CC[C](=[Zr+2])c1ccccc1.[Cl-].[Cl-]. The summed E-state index contributed by atoms with van der Waals surface area (Å²) in [6.07, 6.45) is 9.16. The molecule has 0 spiro atoms. The Hall–Kier alpha value is -1.53. The van der Waals surface area contributed by atoms with Crippen LogP contribution in [0.25, 0.3) is 11.1 Å². The van der Waals surface area contributed by atoms with Gasteiger partial charge < -0.3 is 24.8 Å². The van der Waals surface area contributed by atoms with E-state index in [2.05, 4.69) is 162 Å². The van der Waals surface area contributed by atoms with Crippen molar-refractivity contribution in [3.8, 4) is 11.1 Å². The maximum absolute atomic E-state index is 3.67. The molecule has 3 heteroatoms. The van der Waals surface area contributed by atoms with Gasteiger partial charge in [-0.2, -0.15) is 35.4 Å². The maximum Gasteiger partial charge on any atom is -1.00 e. The summed E-state index contributed by atoms with van der Waals surface area (Å²) in [6.45, 7) is 27.0. The smallest absolute Gasteiger partial charge is 1.00 e. The zero-order valence-corrected chi connectivity index (χ0v) is 33.8. The second-order valence-corrected chi connectivity index (χ2v) is 16.6. The molecule has 2 aliphatic carbocycles. The Morgan fingerprint density at radius 3 is 1.87 bits per heavy atom. The monoisotopic (exact) mass is 718 g/mol. The molecule has 45 heavy (non-hydrogen) atoms. The van der Waals surface area contributed by atoms with Gasteiger partial charge in [0, 0.05) is 0 Å². The summed E-state index contributed by atoms with van der Waals surface area (Å²) in [4.78, 5) is 0. The maximum atomic E-state index is 3.67. The van der Waals surface area contributed by atoms with E-state index in [0.717, 1.165) is 12.8 Å². The van der Waals surface area contributed by atoms with Crippen LogP contribution in [0.5, 0.6) is 0 Å². The Kier molecular flexibility index (Phi) is 15.7. The van der Waals surface area contributed by atoms with Crippen LogP contribution < -0.4 is 24.8 Å². The Morgan fingerprint density at radius 1 is 0.778 bits per heavy atom. The molecule has 0 radical (unpaired) electrons. The molecule has 1 atom stereocenters. The fourth-order valence-electron chi connectivity index (χ4n) is 5.61. The number of rotatable bonds is 3. The number of allylic oxidation sites excluding steroid dienone is 4. The quantitative estimate of drug-likeness (QED) is 0.243. The van der Waals surface area contributed by atoms with Gasteiger partial charge in [-0.1, -0.05) is 118 Å². The molecule has 0 fully saturated rings. The fourth-order valence-corrected chi connectivity index (χ4v) is 6.02. The molecule has 0 amide bonds. The van der Waals surface area contributed by atoms with Gasteiger partial charge in [0.05, 0.1) is 0 Å². The zero-order chi connectivity index (χ0) is 32.2. The molecule has 2 aliphatic rings. The van der Waals surface area contributed by atoms with Crippen LogP contribution in [-0.2, 0) is 41.5 Å². The summed E-state index contributed by atoms with van der Waals surface area (Å²) < 4.78 is 1.55. The predicted octanol–water partition coefficient (Wildman–Crippen LogP) is 5.57. The molecule has 0 saturated heterocycles. The van der Waals surface area contributed by atoms with Crippen LogP contribution in [0, 0.1) is 23.5 Å². The Morgan fingerprint density at radius 2 is 1.38 bits per heavy atom. The minimum absolute atomic E-state index is 0. The van der Waals surface area contributed by atoms with E-state index in [4.69, 9.17) is 0 Å². The van der Waals surface area contributed by atoms with Gasteiger partial charge in [-0.15, -0.1) is 11.1 Å². The molecule has 3 aromatic rings. The molecule has 0 aromatic heterocycles. The van der Waals surface area contributed by atoms with E-state index < -0.39 is 0 Å². The Bertz CT molecular complexity index is 1410. The first kappa shape index (κ1) is 41.5. The predicted molar refractivity (Wildman–Crippen MR) is 186 cm³/mol. The van der Waals surface area contributed by atoms with Crippen molar-refractivity contribution in [3.63, 3.8) is 0 Å². The first-order valence-electron chi connectivity index (χ1n) is 16.1. The van der Waals surface area contributed by atoms with E-state index in [1.807, 2.05) is 0 Å². The van der Waals surface area contributed by atoms with Gasteiger partial charge in [0.25, 0.3) is 0 Å². The van der Waals surface area contributed by atoms with Crippen LogP contribution in [0.4, 0.5) is 0 Å². The zero-order valence-electron chi connectivity index (χ0n) is 29.8. The van der Waals surface area contributed by atoms with Gasteiger partial charge >= 0.3 is 76.7 Å². The van der Waals surface area contributed by atoms with E-state index in [0.29, 0.717) is 11.3 Å². The minimum atomic E-state index is 0. The van der Waals surface area contributed by atoms with Gasteiger partial charge in [-0.25, -0.2) is 5.57 Å². The van der Waals surface area contributed by atoms with Crippen LogP contribution in [-0.4, -0.2) is 3.21 Å². The number of benzene rings is 3. The number of hydrogen-bond acceptors (Lipinski definition) is 0. The second kappa shape index (κ2) is 17.0. The summed E-state index contributed by atoms with van der Waals surface area (Å²) >= 11 is 1.54. The van der Waals surface area contributed by atoms with Gasteiger partial charge in [0.1, 0.15) is 0 Å². The largest absolute Gasteiger partial charge is 1.00 e. The van der Waals surface area contributed by atoms with E-state index in [9.17, 15) is 0 Å². The summed E-state index contributed by atoms with van der Waals surface area (Å²) in [5.74, 6) is 0.522. The van der Waals surface area contributed by atoms with Crippen LogP contribution >= 0.6 is 0 Å². The third-order valence-electron chi connectivity index (χ3n) is 8.25. The molecular weight excluding hydrogens is 667 g/mol. The molecular formula is C42H54Cl2Zr-2. The van der Waals surface area contributed by atoms with Gasteiger partial charge in [0.2, 0.25) is 0 Å². The first-order valence-corrected chi connectivity index (χ1v) is 17.4. The topological polar surface area (TPSA) is 0 Å². The van der Waals surface area contributed by atoms with Gasteiger partial charge in [-0.3, -0.25) is 6.08 Å². The van der Waals surface area contributed by atoms with Crippen molar-refractivity contribution in [3.05, 3.63) is 118 Å². The molecule has 1 unspecified atom stereocenters. The molecule has 0 nitrogen and oxygen atoms in total. The van der Waals surface area contributed by atoms with Crippen molar-refractivity contribution >= 4 is 3.21 Å². The number of halogens is 2. The van der Waals surface area contributed by atoms with Gasteiger partial charge in [-0.05, 0) is 28.4 Å². The van der Waals surface area contributed by atoms with Crippen molar-refractivity contribution in [2.24, 2.45) is 11.3 Å². The fraction of sp³-hybridized carbons (Fsp3) is 0.452.